The van der Waals surface area contributed by atoms with Crippen LogP contribution in [0.4, 0.5) is 0 Å². The standard InChI is InChI=1S/C15H25NO2/c1-3-4-5-11(15(17)18-2)16-14-12-9-6-7-10(8-9)13(12)14/h9-14,16H,3-8H2,1-2H3. The molecule has 1 N–H and O–H groups in total. The van der Waals surface area contributed by atoms with Gasteiger partial charge in [0.2, 0.25) is 0 Å². The highest BCUT2D eigenvalue weighted by Gasteiger charge is 2.65. The molecule has 0 aliphatic heterocycles. The van der Waals surface area contributed by atoms with Gasteiger partial charge in [0, 0.05) is 6.04 Å². The molecule has 0 heterocycles. The van der Waals surface area contributed by atoms with Gasteiger partial charge in [-0.3, -0.25) is 4.79 Å². The van der Waals surface area contributed by atoms with Crippen molar-refractivity contribution in [1.82, 2.24) is 5.32 Å². The summed E-state index contributed by atoms with van der Waals surface area (Å²) in [4.78, 5) is 11.8. The van der Waals surface area contributed by atoms with Crippen LogP contribution < -0.4 is 5.32 Å². The topological polar surface area (TPSA) is 38.3 Å². The van der Waals surface area contributed by atoms with Gasteiger partial charge in [-0.2, -0.15) is 0 Å². The van der Waals surface area contributed by atoms with Gasteiger partial charge < -0.3 is 10.1 Å². The Morgan fingerprint density at radius 3 is 2.56 bits per heavy atom. The maximum absolute atomic E-state index is 11.8. The van der Waals surface area contributed by atoms with Crippen LogP contribution in [0.2, 0.25) is 0 Å². The van der Waals surface area contributed by atoms with Gasteiger partial charge >= 0.3 is 5.97 Å². The molecule has 3 heteroatoms. The molecule has 0 saturated heterocycles. The van der Waals surface area contributed by atoms with Gasteiger partial charge in [-0.25, -0.2) is 0 Å². The number of nitrogens with one attached hydrogen (secondary N) is 1. The van der Waals surface area contributed by atoms with Crippen molar-refractivity contribution in [2.75, 3.05) is 7.11 Å². The summed E-state index contributed by atoms with van der Waals surface area (Å²) in [6, 6.07) is 0.558. The zero-order valence-electron chi connectivity index (χ0n) is 11.5. The molecule has 3 fully saturated rings. The predicted octanol–water partition coefficient (Wildman–Crippen LogP) is 2.35. The van der Waals surface area contributed by atoms with E-state index < -0.39 is 0 Å². The number of unbranched alkanes of at least 4 members (excludes halogenated alkanes) is 1. The second-order valence-corrected chi connectivity index (χ2v) is 6.40. The molecule has 5 unspecified atom stereocenters. The Bertz CT molecular complexity index is 314. The zero-order chi connectivity index (χ0) is 12.7. The highest BCUT2D eigenvalue weighted by Crippen LogP contribution is 2.65. The lowest BCUT2D eigenvalue weighted by Crippen LogP contribution is -2.41. The molecule has 3 aliphatic rings. The average Bonchev–Trinajstić information content (AvgIpc) is 2.78. The quantitative estimate of drug-likeness (QED) is 0.736. The Morgan fingerprint density at radius 2 is 2.00 bits per heavy atom. The van der Waals surface area contributed by atoms with Crippen LogP contribution in [0.5, 0.6) is 0 Å². The number of hydrogen-bond acceptors (Lipinski definition) is 3. The van der Waals surface area contributed by atoms with Crippen molar-refractivity contribution in [2.45, 2.75) is 57.5 Å². The van der Waals surface area contributed by atoms with E-state index in [1.54, 1.807) is 0 Å². The van der Waals surface area contributed by atoms with E-state index >= 15 is 0 Å². The van der Waals surface area contributed by atoms with Crippen molar-refractivity contribution in [3.63, 3.8) is 0 Å². The summed E-state index contributed by atoms with van der Waals surface area (Å²) >= 11 is 0. The Kier molecular flexibility index (Phi) is 3.35. The normalized spacial score (nSPS) is 41.6. The van der Waals surface area contributed by atoms with E-state index in [-0.39, 0.29) is 12.0 Å². The van der Waals surface area contributed by atoms with Crippen molar-refractivity contribution in [1.29, 1.82) is 0 Å². The third kappa shape index (κ3) is 1.97. The minimum atomic E-state index is -0.0687. The van der Waals surface area contributed by atoms with E-state index in [9.17, 15) is 4.79 Å². The average molecular weight is 251 g/mol. The van der Waals surface area contributed by atoms with Crippen LogP contribution in [-0.2, 0) is 9.53 Å². The van der Waals surface area contributed by atoms with Crippen molar-refractivity contribution in [3.05, 3.63) is 0 Å². The van der Waals surface area contributed by atoms with Crippen molar-refractivity contribution in [2.24, 2.45) is 23.7 Å². The monoisotopic (exact) mass is 251 g/mol. The van der Waals surface area contributed by atoms with Gasteiger partial charge in [0.15, 0.2) is 0 Å². The molecule has 0 spiro atoms. The maximum atomic E-state index is 11.8. The molecular formula is C15H25NO2. The summed E-state index contributed by atoms with van der Waals surface area (Å²) in [5.41, 5.74) is 0. The Morgan fingerprint density at radius 1 is 1.33 bits per heavy atom. The largest absolute Gasteiger partial charge is 0.468 e. The van der Waals surface area contributed by atoms with E-state index in [1.807, 2.05) is 0 Å². The first-order valence-corrected chi connectivity index (χ1v) is 7.60. The van der Waals surface area contributed by atoms with Crippen LogP contribution in [0.25, 0.3) is 0 Å². The van der Waals surface area contributed by atoms with Crippen LogP contribution in [0.1, 0.15) is 45.4 Å². The first-order chi connectivity index (χ1) is 8.76. The highest BCUT2D eigenvalue weighted by molar-refractivity contribution is 5.75. The first-order valence-electron chi connectivity index (χ1n) is 7.60. The van der Waals surface area contributed by atoms with E-state index in [0.29, 0.717) is 6.04 Å². The summed E-state index contributed by atoms with van der Waals surface area (Å²) in [5.74, 6) is 3.62. The first kappa shape index (κ1) is 12.5. The second kappa shape index (κ2) is 4.84. The third-order valence-electron chi connectivity index (χ3n) is 5.46. The van der Waals surface area contributed by atoms with Crippen LogP contribution in [0.3, 0.4) is 0 Å². The number of rotatable bonds is 6. The number of ether oxygens (including phenoxy) is 1. The molecule has 2 bridgehead atoms. The van der Waals surface area contributed by atoms with E-state index in [1.165, 1.54) is 26.4 Å². The molecular weight excluding hydrogens is 226 g/mol. The summed E-state index contributed by atoms with van der Waals surface area (Å²) in [7, 11) is 1.50. The minimum Gasteiger partial charge on any atom is -0.468 e. The van der Waals surface area contributed by atoms with Crippen molar-refractivity contribution < 1.29 is 9.53 Å². The number of carbonyl (C=O) groups excluding carboxylic acids is 1. The van der Waals surface area contributed by atoms with Gasteiger partial charge in [-0.05, 0) is 49.4 Å². The Hall–Kier alpha value is -0.570. The lowest BCUT2D eigenvalue weighted by atomic mass is 10.0. The molecule has 0 aromatic heterocycles. The van der Waals surface area contributed by atoms with Gasteiger partial charge in [0.1, 0.15) is 6.04 Å². The molecule has 18 heavy (non-hydrogen) atoms. The Balaban J connectivity index is 1.56. The smallest absolute Gasteiger partial charge is 0.322 e. The molecule has 5 atom stereocenters. The van der Waals surface area contributed by atoms with Gasteiger partial charge in [0.25, 0.3) is 0 Å². The number of carbonyl (C=O) groups is 1. The summed E-state index contributed by atoms with van der Waals surface area (Å²) < 4.78 is 4.93. The lowest BCUT2D eigenvalue weighted by molar-refractivity contribution is -0.143. The predicted molar refractivity (Wildman–Crippen MR) is 70.1 cm³/mol. The molecule has 3 saturated carbocycles. The maximum Gasteiger partial charge on any atom is 0.322 e. The van der Waals surface area contributed by atoms with Gasteiger partial charge in [-0.1, -0.05) is 19.8 Å². The van der Waals surface area contributed by atoms with Crippen molar-refractivity contribution in [3.8, 4) is 0 Å². The fourth-order valence-corrected chi connectivity index (χ4v) is 4.60. The van der Waals surface area contributed by atoms with Gasteiger partial charge in [0.05, 0.1) is 7.11 Å². The SMILES string of the molecule is CCCCC(NC1C2C3CCC(C3)C12)C(=O)OC. The van der Waals surface area contributed by atoms with E-state index in [0.717, 1.165) is 42.9 Å². The Labute approximate surface area is 110 Å². The van der Waals surface area contributed by atoms with Crippen LogP contribution in [0.15, 0.2) is 0 Å². The molecule has 102 valence electrons. The van der Waals surface area contributed by atoms with Crippen LogP contribution in [-0.4, -0.2) is 25.2 Å². The second-order valence-electron chi connectivity index (χ2n) is 6.40. The number of esters is 1. The number of methoxy groups -OCH3 is 1. The minimum absolute atomic E-state index is 0.0649. The van der Waals surface area contributed by atoms with E-state index in [4.69, 9.17) is 4.74 Å². The molecule has 0 amide bonds. The fourth-order valence-electron chi connectivity index (χ4n) is 4.60. The summed E-state index contributed by atoms with van der Waals surface area (Å²) in [6.07, 6.45) is 7.49. The fraction of sp³-hybridized carbons (Fsp3) is 0.933. The van der Waals surface area contributed by atoms with Crippen LogP contribution in [0, 0.1) is 23.7 Å². The highest BCUT2D eigenvalue weighted by atomic mass is 16.5. The van der Waals surface area contributed by atoms with Gasteiger partial charge in [-0.15, -0.1) is 0 Å². The molecule has 0 radical (unpaired) electrons. The molecule has 3 nitrogen and oxygen atoms in total. The summed E-state index contributed by atoms with van der Waals surface area (Å²) in [5, 5.41) is 3.60. The van der Waals surface area contributed by atoms with E-state index in [2.05, 4.69) is 12.2 Å². The number of hydrogen-bond donors (Lipinski definition) is 1. The molecule has 3 aliphatic carbocycles. The molecule has 0 aromatic carbocycles. The summed E-state index contributed by atoms with van der Waals surface area (Å²) in [6.45, 7) is 2.17. The number of fused-ring (bicyclic) bond motifs is 5. The third-order valence-corrected chi connectivity index (χ3v) is 5.46. The van der Waals surface area contributed by atoms with Crippen molar-refractivity contribution >= 4 is 5.97 Å². The molecule has 3 rings (SSSR count). The molecule has 0 aromatic rings. The van der Waals surface area contributed by atoms with Crippen LogP contribution >= 0.6 is 0 Å². The zero-order valence-corrected chi connectivity index (χ0v) is 11.5. The lowest BCUT2D eigenvalue weighted by Gasteiger charge is -2.18.